The number of hydrogen-bond acceptors (Lipinski definition) is 5. The lowest BCUT2D eigenvalue weighted by atomic mass is 10.2. The smallest absolute Gasteiger partial charge is 0.165 e. The van der Waals surface area contributed by atoms with E-state index in [2.05, 4.69) is 20.3 Å². The number of aromatic nitrogens is 4. The number of nitrogens with one attached hydrogen (secondary N) is 1. The summed E-state index contributed by atoms with van der Waals surface area (Å²) in [6.07, 6.45) is 3.21. The van der Waals surface area contributed by atoms with Crippen molar-refractivity contribution in [2.24, 2.45) is 0 Å². The molecule has 4 rings (SSSR count). The van der Waals surface area contributed by atoms with Crippen LogP contribution in [0.15, 0.2) is 55.1 Å². The summed E-state index contributed by atoms with van der Waals surface area (Å²) in [4.78, 5) is 13.2. The van der Waals surface area contributed by atoms with Crippen LogP contribution in [0.5, 0.6) is 5.75 Å². The molecule has 0 aromatic heterocycles. The molecule has 0 amide bonds. The molecule has 0 saturated heterocycles. The first-order valence-electron chi connectivity index (χ1n) is 8.15. The fourth-order valence-electron chi connectivity index (χ4n) is 2.75. The van der Waals surface area contributed by atoms with Crippen molar-refractivity contribution in [1.29, 1.82) is 0 Å². The number of nitrogens with zero attached hydrogens (tertiary/aromatic N) is 4. The van der Waals surface area contributed by atoms with Crippen LogP contribution in [0.3, 0.4) is 0 Å². The molecule has 27 heavy (non-hydrogen) atoms. The number of ether oxygens (including phenoxy) is 1. The number of rotatable bonds is 5. The van der Waals surface area contributed by atoms with Crippen molar-refractivity contribution in [2.75, 3.05) is 12.4 Å². The summed E-state index contributed by atoms with van der Waals surface area (Å²) >= 11 is 12.6. The molecule has 8 heteroatoms. The van der Waals surface area contributed by atoms with Crippen LogP contribution in [0, 0.1) is 0 Å². The third kappa shape index (κ3) is 3.54. The molecule has 0 aliphatic carbocycles. The van der Waals surface area contributed by atoms with Gasteiger partial charge in [0.25, 0.3) is 0 Å². The fraction of sp³-hybridized carbons (Fsp3) is 0.105. The molecule has 0 bridgehead atoms. The van der Waals surface area contributed by atoms with E-state index in [1.165, 1.54) is 6.33 Å². The third-order valence-corrected chi connectivity index (χ3v) is 4.85. The average molecular weight is 400 g/mol. The number of benzene rings is 2. The van der Waals surface area contributed by atoms with Gasteiger partial charge in [0.15, 0.2) is 17.3 Å². The number of halogens is 2. The van der Waals surface area contributed by atoms with E-state index in [1.807, 2.05) is 47.0 Å². The van der Waals surface area contributed by atoms with Gasteiger partial charge in [0.2, 0.25) is 0 Å². The summed E-state index contributed by atoms with van der Waals surface area (Å²) < 4.78 is 7.05. The molecule has 6 nitrogen and oxygen atoms in total. The second kappa shape index (κ2) is 7.42. The van der Waals surface area contributed by atoms with E-state index in [9.17, 15) is 0 Å². The van der Waals surface area contributed by atoms with Crippen LogP contribution in [0.25, 0.3) is 11.5 Å². The largest absolute Gasteiger partial charge is 0.497 e. The van der Waals surface area contributed by atoms with Crippen molar-refractivity contribution in [2.45, 2.75) is 6.54 Å². The maximum Gasteiger partial charge on any atom is 0.165 e. The zero-order valence-corrected chi connectivity index (χ0v) is 15.9. The number of fused-ring (bicyclic) bond motifs is 1. The zero-order chi connectivity index (χ0) is 18.8. The molecule has 0 atom stereocenters. The molecule has 1 N–H and O–H groups in total. The number of methoxy groups -OCH3 is 1. The number of imidazole rings is 1. The summed E-state index contributed by atoms with van der Waals surface area (Å²) in [6, 6.07) is 13.0. The Hall–Kier alpha value is -2.83. The summed E-state index contributed by atoms with van der Waals surface area (Å²) in [5, 5.41) is 4.46. The lowest BCUT2D eigenvalue weighted by molar-refractivity contribution is 0.415. The van der Waals surface area contributed by atoms with E-state index in [4.69, 9.17) is 27.9 Å². The van der Waals surface area contributed by atoms with Crippen molar-refractivity contribution in [1.82, 2.24) is 19.5 Å². The minimum absolute atomic E-state index is 0.448. The van der Waals surface area contributed by atoms with E-state index in [0.717, 1.165) is 17.0 Å². The molecule has 2 aromatic rings. The minimum Gasteiger partial charge on any atom is -0.497 e. The topological polar surface area (TPSA) is 64.9 Å². The van der Waals surface area contributed by atoms with Crippen LogP contribution < -0.4 is 10.1 Å². The van der Waals surface area contributed by atoms with Crippen LogP contribution in [0.4, 0.5) is 11.5 Å². The van der Waals surface area contributed by atoms with E-state index in [0.29, 0.717) is 33.9 Å². The summed E-state index contributed by atoms with van der Waals surface area (Å²) in [5.41, 5.74) is 2.35. The van der Waals surface area contributed by atoms with Crippen LogP contribution in [0.2, 0.25) is 10.0 Å². The van der Waals surface area contributed by atoms with Gasteiger partial charge in [-0.15, -0.1) is 0 Å². The summed E-state index contributed by atoms with van der Waals surface area (Å²) in [5.74, 6) is 2.10. The molecule has 0 saturated carbocycles. The maximum absolute atomic E-state index is 6.29. The molecule has 2 aliphatic rings. The second-order valence-corrected chi connectivity index (χ2v) is 6.64. The molecule has 2 aromatic carbocycles. The van der Waals surface area contributed by atoms with Gasteiger partial charge < -0.3 is 14.6 Å². The van der Waals surface area contributed by atoms with Gasteiger partial charge in [-0.25, -0.2) is 15.0 Å². The molecule has 2 heterocycles. The monoisotopic (exact) mass is 399 g/mol. The Bertz CT molecular complexity index is 1030. The SMILES string of the molecule is COc1ccc(Nc2ncn(Cc3c(Cl)cccc3Cl)c3ncnc2-3)cc1. The Kier molecular flexibility index (Phi) is 4.83. The highest BCUT2D eigenvalue weighted by Crippen LogP contribution is 2.30. The predicted octanol–water partition coefficient (Wildman–Crippen LogP) is 4.89. The molecule has 0 fully saturated rings. The number of hydrogen-bond donors (Lipinski definition) is 1. The first-order valence-corrected chi connectivity index (χ1v) is 8.91. The van der Waals surface area contributed by atoms with Gasteiger partial charge in [-0.3, -0.25) is 0 Å². The van der Waals surface area contributed by atoms with Gasteiger partial charge in [0, 0.05) is 21.3 Å². The molecular weight excluding hydrogens is 385 g/mol. The second-order valence-electron chi connectivity index (χ2n) is 5.82. The van der Waals surface area contributed by atoms with Crippen molar-refractivity contribution >= 4 is 34.7 Å². The highest BCUT2D eigenvalue weighted by atomic mass is 35.5. The zero-order valence-electron chi connectivity index (χ0n) is 14.4. The van der Waals surface area contributed by atoms with Gasteiger partial charge in [-0.2, -0.15) is 0 Å². The summed E-state index contributed by atoms with van der Waals surface area (Å²) in [7, 11) is 1.63. The maximum atomic E-state index is 6.29. The first-order chi connectivity index (χ1) is 13.2. The normalized spacial score (nSPS) is 10.9. The van der Waals surface area contributed by atoms with Gasteiger partial charge in [-0.1, -0.05) is 29.3 Å². The predicted molar refractivity (Wildman–Crippen MR) is 106 cm³/mol. The molecule has 0 spiro atoms. The molecular formula is C19H15Cl2N5O. The van der Waals surface area contributed by atoms with Crippen LogP contribution in [-0.2, 0) is 6.54 Å². The van der Waals surface area contributed by atoms with Gasteiger partial charge >= 0.3 is 0 Å². The Morgan fingerprint density at radius 1 is 1.00 bits per heavy atom. The molecule has 2 aliphatic heterocycles. The third-order valence-electron chi connectivity index (χ3n) is 4.14. The van der Waals surface area contributed by atoms with Crippen molar-refractivity contribution in [3.63, 3.8) is 0 Å². The molecule has 0 unspecified atom stereocenters. The van der Waals surface area contributed by atoms with Crippen LogP contribution >= 0.6 is 23.2 Å². The van der Waals surface area contributed by atoms with Crippen LogP contribution in [-0.4, -0.2) is 26.6 Å². The lowest BCUT2D eigenvalue weighted by Gasteiger charge is -2.15. The Balaban J connectivity index is 1.65. The average Bonchev–Trinajstić information content (AvgIpc) is 3.17. The van der Waals surface area contributed by atoms with E-state index >= 15 is 0 Å². The van der Waals surface area contributed by atoms with Crippen molar-refractivity contribution in [3.05, 3.63) is 70.7 Å². The van der Waals surface area contributed by atoms with Crippen LogP contribution in [0.1, 0.15) is 5.56 Å². The highest BCUT2D eigenvalue weighted by molar-refractivity contribution is 6.35. The van der Waals surface area contributed by atoms with Crippen molar-refractivity contribution < 1.29 is 4.74 Å². The van der Waals surface area contributed by atoms with Gasteiger partial charge in [-0.05, 0) is 36.4 Å². The fourth-order valence-corrected chi connectivity index (χ4v) is 3.27. The van der Waals surface area contributed by atoms with E-state index in [-0.39, 0.29) is 0 Å². The quantitative estimate of drug-likeness (QED) is 0.517. The summed E-state index contributed by atoms with van der Waals surface area (Å²) in [6.45, 7) is 0.448. The van der Waals surface area contributed by atoms with Gasteiger partial charge in [0.05, 0.1) is 20.0 Å². The van der Waals surface area contributed by atoms with Gasteiger partial charge in [0.1, 0.15) is 12.1 Å². The molecule has 136 valence electrons. The Morgan fingerprint density at radius 3 is 2.44 bits per heavy atom. The minimum atomic E-state index is 0.448. The standard InChI is InChI=1S/C19H15Cl2N5O/c1-27-13-7-5-12(6-8-13)25-18-17-19(23-10-22-17)26(11-24-18)9-14-15(20)3-2-4-16(14)21/h2-8,10-11,25H,9H2,1H3. The van der Waals surface area contributed by atoms with E-state index in [1.54, 1.807) is 13.4 Å². The Morgan fingerprint density at radius 2 is 1.74 bits per heavy atom. The lowest BCUT2D eigenvalue weighted by Crippen LogP contribution is -2.10. The molecule has 0 radical (unpaired) electrons. The highest BCUT2D eigenvalue weighted by Gasteiger charge is 2.18. The Labute approximate surface area is 166 Å². The number of anilines is 2. The van der Waals surface area contributed by atoms with Crippen molar-refractivity contribution in [3.8, 4) is 17.3 Å². The van der Waals surface area contributed by atoms with E-state index < -0.39 is 0 Å². The first kappa shape index (κ1) is 17.6.